The number of rotatable bonds is 2. The molecule has 4 atom stereocenters. The number of nitrogens with one attached hydrogen (secondary N) is 1. The Balaban J connectivity index is 2.03. The number of fused-ring (bicyclic) bond motifs is 2. The van der Waals surface area contributed by atoms with Gasteiger partial charge in [-0.05, 0) is 32.1 Å². The highest BCUT2D eigenvalue weighted by atomic mass is 16.5. The molecule has 0 aromatic rings. The number of hydrogen-bond donors (Lipinski definition) is 1. The molecule has 2 saturated heterocycles. The van der Waals surface area contributed by atoms with Crippen molar-refractivity contribution in [3.63, 3.8) is 0 Å². The number of methoxy groups -OCH3 is 1. The first-order valence-electron chi connectivity index (χ1n) is 4.97. The van der Waals surface area contributed by atoms with Crippen molar-refractivity contribution in [2.24, 2.45) is 5.92 Å². The van der Waals surface area contributed by atoms with E-state index in [1.807, 2.05) is 7.11 Å². The molecule has 1 aliphatic carbocycles. The SMILES string of the molecule is COC(C)C12CC(C)CC(C1)N2. The molecule has 3 rings (SSSR count). The van der Waals surface area contributed by atoms with Crippen molar-refractivity contribution in [1.82, 2.24) is 5.32 Å². The fourth-order valence-corrected chi connectivity index (χ4v) is 2.98. The summed E-state index contributed by atoms with van der Waals surface area (Å²) in [6.07, 6.45) is 4.35. The third kappa shape index (κ3) is 1.09. The zero-order valence-electron chi connectivity index (χ0n) is 8.26. The Morgan fingerprint density at radius 2 is 2.17 bits per heavy atom. The molecule has 0 spiro atoms. The zero-order chi connectivity index (χ0) is 8.77. The van der Waals surface area contributed by atoms with Crippen molar-refractivity contribution in [1.29, 1.82) is 0 Å². The molecule has 2 nitrogen and oxygen atoms in total. The van der Waals surface area contributed by atoms with Gasteiger partial charge < -0.3 is 10.1 Å². The summed E-state index contributed by atoms with van der Waals surface area (Å²) in [7, 11) is 1.81. The molecule has 0 amide bonds. The highest BCUT2D eigenvalue weighted by Gasteiger charge is 2.52. The topological polar surface area (TPSA) is 21.3 Å². The lowest BCUT2D eigenvalue weighted by Crippen LogP contribution is -2.72. The molecule has 0 aromatic heterocycles. The number of ether oxygens (including phenoxy) is 1. The van der Waals surface area contributed by atoms with Crippen LogP contribution in [0.5, 0.6) is 0 Å². The van der Waals surface area contributed by atoms with Gasteiger partial charge in [-0.15, -0.1) is 0 Å². The lowest BCUT2D eigenvalue weighted by Gasteiger charge is -2.58. The van der Waals surface area contributed by atoms with Crippen LogP contribution in [0, 0.1) is 5.92 Å². The minimum absolute atomic E-state index is 0.330. The van der Waals surface area contributed by atoms with E-state index in [2.05, 4.69) is 19.2 Å². The Hall–Kier alpha value is -0.0800. The van der Waals surface area contributed by atoms with Gasteiger partial charge in [-0.1, -0.05) is 6.92 Å². The molecule has 3 fully saturated rings. The maximum absolute atomic E-state index is 5.42. The highest BCUT2D eigenvalue weighted by molar-refractivity contribution is 5.11. The van der Waals surface area contributed by atoms with Crippen molar-refractivity contribution >= 4 is 0 Å². The lowest BCUT2D eigenvalue weighted by molar-refractivity contribution is -0.0700. The number of piperidine rings is 1. The third-order valence-corrected chi connectivity index (χ3v) is 3.63. The summed E-state index contributed by atoms with van der Waals surface area (Å²) < 4.78 is 5.42. The summed E-state index contributed by atoms with van der Waals surface area (Å²) >= 11 is 0. The minimum atomic E-state index is 0.330. The molecular weight excluding hydrogens is 150 g/mol. The van der Waals surface area contributed by atoms with Gasteiger partial charge >= 0.3 is 0 Å². The molecule has 70 valence electrons. The molecule has 2 aliphatic heterocycles. The number of hydrogen-bond acceptors (Lipinski definition) is 2. The summed E-state index contributed by atoms with van der Waals surface area (Å²) in [5, 5.41) is 3.65. The Morgan fingerprint density at radius 3 is 2.67 bits per heavy atom. The normalized spacial score (nSPS) is 48.2. The summed E-state index contributed by atoms with van der Waals surface area (Å²) in [5.74, 6) is 0.877. The van der Waals surface area contributed by atoms with Crippen LogP contribution in [0.2, 0.25) is 0 Å². The standard InChI is InChI=1S/C10H19NO/c1-7-4-9-6-10(5-7,11-9)8(2)12-3/h7-9,11H,4-6H2,1-3H3. The van der Waals surface area contributed by atoms with E-state index in [0.29, 0.717) is 11.6 Å². The average molecular weight is 169 g/mol. The van der Waals surface area contributed by atoms with E-state index in [9.17, 15) is 0 Å². The fraction of sp³-hybridized carbons (Fsp3) is 1.00. The molecule has 2 bridgehead atoms. The first-order chi connectivity index (χ1) is 5.66. The second kappa shape index (κ2) is 2.71. The first kappa shape index (κ1) is 8.52. The summed E-state index contributed by atoms with van der Waals surface area (Å²) in [6.45, 7) is 4.53. The van der Waals surface area contributed by atoms with Crippen molar-refractivity contribution in [2.75, 3.05) is 7.11 Å². The van der Waals surface area contributed by atoms with Crippen LogP contribution in [0.3, 0.4) is 0 Å². The van der Waals surface area contributed by atoms with Crippen LogP contribution in [0.25, 0.3) is 0 Å². The van der Waals surface area contributed by atoms with E-state index in [4.69, 9.17) is 4.74 Å². The molecule has 2 heteroatoms. The fourth-order valence-electron chi connectivity index (χ4n) is 2.98. The largest absolute Gasteiger partial charge is 0.380 e. The van der Waals surface area contributed by atoms with E-state index in [1.54, 1.807) is 0 Å². The third-order valence-electron chi connectivity index (χ3n) is 3.63. The molecule has 0 aromatic carbocycles. The van der Waals surface area contributed by atoms with Crippen molar-refractivity contribution in [3.05, 3.63) is 0 Å². The summed E-state index contributed by atoms with van der Waals surface area (Å²) in [4.78, 5) is 0. The molecule has 3 aliphatic rings. The molecule has 4 unspecified atom stereocenters. The van der Waals surface area contributed by atoms with Gasteiger partial charge in [0.25, 0.3) is 0 Å². The lowest BCUT2D eigenvalue weighted by atomic mass is 9.64. The Bertz CT molecular complexity index is 175. The molecule has 0 radical (unpaired) electrons. The predicted molar refractivity (Wildman–Crippen MR) is 49.1 cm³/mol. The van der Waals surface area contributed by atoms with Crippen LogP contribution >= 0.6 is 0 Å². The van der Waals surface area contributed by atoms with E-state index in [1.165, 1.54) is 19.3 Å². The quantitative estimate of drug-likeness (QED) is 0.677. The van der Waals surface area contributed by atoms with Gasteiger partial charge in [0.1, 0.15) is 0 Å². The Labute approximate surface area is 74.7 Å². The van der Waals surface area contributed by atoms with Crippen LogP contribution < -0.4 is 5.32 Å². The van der Waals surface area contributed by atoms with Crippen molar-refractivity contribution < 1.29 is 4.74 Å². The molecular formula is C10H19NO. The highest BCUT2D eigenvalue weighted by Crippen LogP contribution is 2.43. The summed E-state index contributed by atoms with van der Waals surface area (Å²) in [6, 6.07) is 0.784. The van der Waals surface area contributed by atoms with Crippen LogP contribution in [0.4, 0.5) is 0 Å². The molecule has 2 heterocycles. The van der Waals surface area contributed by atoms with Gasteiger partial charge in [0.2, 0.25) is 0 Å². The Kier molecular flexibility index (Phi) is 1.92. The maximum atomic E-state index is 5.42. The van der Waals surface area contributed by atoms with E-state index < -0.39 is 0 Å². The van der Waals surface area contributed by atoms with Gasteiger partial charge in [0.15, 0.2) is 0 Å². The van der Waals surface area contributed by atoms with Crippen LogP contribution in [0.15, 0.2) is 0 Å². The second-order valence-corrected chi connectivity index (χ2v) is 4.62. The zero-order valence-corrected chi connectivity index (χ0v) is 8.26. The molecule has 1 N–H and O–H groups in total. The smallest absolute Gasteiger partial charge is 0.0725 e. The molecule has 12 heavy (non-hydrogen) atoms. The predicted octanol–water partition coefficient (Wildman–Crippen LogP) is 1.55. The minimum Gasteiger partial charge on any atom is -0.380 e. The van der Waals surface area contributed by atoms with Gasteiger partial charge in [-0.25, -0.2) is 0 Å². The van der Waals surface area contributed by atoms with Gasteiger partial charge in [-0.2, -0.15) is 0 Å². The first-order valence-corrected chi connectivity index (χ1v) is 4.97. The van der Waals surface area contributed by atoms with Crippen molar-refractivity contribution in [2.45, 2.75) is 50.8 Å². The van der Waals surface area contributed by atoms with Crippen LogP contribution in [-0.4, -0.2) is 24.8 Å². The average Bonchev–Trinajstić information content (AvgIpc) is 2.00. The van der Waals surface area contributed by atoms with Gasteiger partial charge in [-0.3, -0.25) is 0 Å². The van der Waals surface area contributed by atoms with E-state index in [0.717, 1.165) is 12.0 Å². The van der Waals surface area contributed by atoms with E-state index >= 15 is 0 Å². The van der Waals surface area contributed by atoms with Crippen LogP contribution in [-0.2, 0) is 4.74 Å². The molecule has 1 saturated carbocycles. The summed E-state index contributed by atoms with van der Waals surface area (Å²) in [5.41, 5.74) is 0.330. The Morgan fingerprint density at radius 1 is 1.50 bits per heavy atom. The second-order valence-electron chi connectivity index (χ2n) is 4.62. The maximum Gasteiger partial charge on any atom is 0.0725 e. The van der Waals surface area contributed by atoms with Crippen molar-refractivity contribution in [3.8, 4) is 0 Å². The monoisotopic (exact) mass is 169 g/mol. The van der Waals surface area contributed by atoms with Gasteiger partial charge in [0, 0.05) is 18.7 Å². The van der Waals surface area contributed by atoms with Crippen LogP contribution in [0.1, 0.15) is 33.1 Å². The van der Waals surface area contributed by atoms with Gasteiger partial charge in [0.05, 0.1) is 6.10 Å². The van der Waals surface area contributed by atoms with E-state index in [-0.39, 0.29) is 0 Å².